The molecule has 1 atom stereocenters. The predicted octanol–water partition coefficient (Wildman–Crippen LogP) is 3.91. The Morgan fingerprint density at radius 1 is 1.24 bits per heavy atom. The molecular weight excluding hydrogens is 326 g/mol. The van der Waals surface area contributed by atoms with Gasteiger partial charge in [-0.25, -0.2) is 13.8 Å². The Hall–Kier alpha value is -2.70. The molecule has 1 unspecified atom stereocenters. The number of imidazole rings is 1. The van der Waals surface area contributed by atoms with E-state index < -0.39 is 11.6 Å². The second-order valence-electron chi connectivity index (χ2n) is 6.05. The molecular formula is C18H20F2N4O. The summed E-state index contributed by atoms with van der Waals surface area (Å²) in [5.41, 5.74) is 2.00. The molecule has 0 spiro atoms. The Bertz CT molecular complexity index is 901. The van der Waals surface area contributed by atoms with Crippen molar-refractivity contribution in [2.45, 2.75) is 33.4 Å². The Morgan fingerprint density at radius 2 is 2.00 bits per heavy atom. The zero-order valence-electron chi connectivity index (χ0n) is 14.6. The van der Waals surface area contributed by atoms with Crippen LogP contribution in [-0.2, 0) is 6.54 Å². The lowest BCUT2D eigenvalue weighted by molar-refractivity contribution is 0.404. The van der Waals surface area contributed by atoms with Gasteiger partial charge in [-0.05, 0) is 39.0 Å². The zero-order valence-corrected chi connectivity index (χ0v) is 14.6. The Morgan fingerprint density at radius 3 is 2.64 bits per heavy atom. The van der Waals surface area contributed by atoms with Crippen molar-refractivity contribution in [2.24, 2.45) is 0 Å². The van der Waals surface area contributed by atoms with Crippen LogP contribution in [0.1, 0.15) is 24.4 Å². The van der Waals surface area contributed by atoms with Crippen molar-refractivity contribution >= 4 is 0 Å². The van der Waals surface area contributed by atoms with Crippen LogP contribution in [0.5, 0.6) is 5.75 Å². The van der Waals surface area contributed by atoms with E-state index in [1.54, 1.807) is 17.0 Å². The van der Waals surface area contributed by atoms with Crippen molar-refractivity contribution in [3.05, 3.63) is 53.6 Å². The molecule has 1 aromatic carbocycles. The highest BCUT2D eigenvalue weighted by Crippen LogP contribution is 2.34. The van der Waals surface area contributed by atoms with Gasteiger partial charge in [0.05, 0.1) is 31.0 Å². The number of ether oxygens (including phenoxy) is 1. The first-order valence-corrected chi connectivity index (χ1v) is 7.98. The first-order valence-electron chi connectivity index (χ1n) is 7.98. The van der Waals surface area contributed by atoms with E-state index in [2.05, 4.69) is 10.1 Å². The van der Waals surface area contributed by atoms with Gasteiger partial charge in [-0.15, -0.1) is 0 Å². The molecule has 0 saturated heterocycles. The fourth-order valence-electron chi connectivity index (χ4n) is 2.97. The summed E-state index contributed by atoms with van der Waals surface area (Å²) in [6.45, 7) is 6.48. The van der Waals surface area contributed by atoms with E-state index in [9.17, 15) is 8.78 Å². The number of halogens is 2. The van der Waals surface area contributed by atoms with Crippen LogP contribution in [0, 0.1) is 25.5 Å². The smallest absolute Gasteiger partial charge is 0.173 e. The number of nitrogens with zero attached hydrogens (tertiary/aromatic N) is 4. The lowest BCUT2D eigenvalue weighted by atomic mass is 10.1. The topological polar surface area (TPSA) is 44.9 Å². The number of rotatable bonds is 5. The second kappa shape index (κ2) is 6.66. The molecule has 0 radical (unpaired) electrons. The molecule has 132 valence electrons. The summed E-state index contributed by atoms with van der Waals surface area (Å²) in [6, 6.07) is 4.38. The van der Waals surface area contributed by atoms with Crippen LogP contribution in [0.15, 0.2) is 30.6 Å². The van der Waals surface area contributed by atoms with Crippen LogP contribution >= 0.6 is 0 Å². The highest BCUT2D eigenvalue weighted by Gasteiger charge is 2.22. The average Bonchev–Trinajstić information content (AvgIpc) is 3.16. The molecule has 0 aliphatic rings. The summed E-state index contributed by atoms with van der Waals surface area (Å²) < 4.78 is 37.1. The van der Waals surface area contributed by atoms with Crippen molar-refractivity contribution in [1.29, 1.82) is 0 Å². The van der Waals surface area contributed by atoms with Gasteiger partial charge in [-0.3, -0.25) is 4.68 Å². The third-order valence-corrected chi connectivity index (χ3v) is 4.18. The number of benzene rings is 1. The van der Waals surface area contributed by atoms with Crippen LogP contribution in [-0.4, -0.2) is 26.4 Å². The van der Waals surface area contributed by atoms with Crippen LogP contribution in [0.2, 0.25) is 0 Å². The molecule has 0 amide bonds. The molecule has 0 saturated carbocycles. The van der Waals surface area contributed by atoms with Gasteiger partial charge in [0.2, 0.25) is 0 Å². The Labute approximate surface area is 144 Å². The van der Waals surface area contributed by atoms with Gasteiger partial charge in [0.1, 0.15) is 11.6 Å². The third-order valence-electron chi connectivity index (χ3n) is 4.18. The highest BCUT2D eigenvalue weighted by atomic mass is 19.2. The van der Waals surface area contributed by atoms with Crippen LogP contribution < -0.4 is 4.74 Å². The quantitative estimate of drug-likeness (QED) is 0.703. The minimum absolute atomic E-state index is 0.0210. The van der Waals surface area contributed by atoms with E-state index in [1.807, 2.05) is 31.5 Å². The number of aryl methyl sites for hydroxylation is 2. The van der Waals surface area contributed by atoms with Crippen LogP contribution in [0.25, 0.3) is 11.4 Å². The summed E-state index contributed by atoms with van der Waals surface area (Å²) in [5.74, 6) is -1.34. The Kier molecular flexibility index (Phi) is 4.57. The summed E-state index contributed by atoms with van der Waals surface area (Å²) in [4.78, 5) is 4.23. The number of aromatic nitrogens is 4. The van der Waals surface area contributed by atoms with E-state index >= 15 is 0 Å². The molecule has 3 rings (SSSR count). The first kappa shape index (κ1) is 17.1. The Balaban J connectivity index is 2.01. The van der Waals surface area contributed by atoms with Gasteiger partial charge in [-0.2, -0.15) is 5.10 Å². The third kappa shape index (κ3) is 3.14. The average molecular weight is 346 g/mol. The lowest BCUT2D eigenvalue weighted by Crippen LogP contribution is -2.16. The summed E-state index contributed by atoms with van der Waals surface area (Å²) in [7, 11) is 1.42. The van der Waals surface area contributed by atoms with Crippen molar-refractivity contribution in [1.82, 2.24) is 19.3 Å². The van der Waals surface area contributed by atoms with E-state index in [0.29, 0.717) is 12.4 Å². The standard InChI is InChI=1S/C18H20F2N4O/c1-11-9-12(2)24(22-11)10-13(3)23-8-7-21-18(23)16-15(25-4)6-5-14(19)17(16)20/h5-9,13H,10H2,1-4H3. The minimum Gasteiger partial charge on any atom is -0.496 e. The van der Waals surface area contributed by atoms with Crippen LogP contribution in [0.3, 0.4) is 0 Å². The zero-order chi connectivity index (χ0) is 18.1. The van der Waals surface area contributed by atoms with E-state index in [-0.39, 0.29) is 17.4 Å². The van der Waals surface area contributed by atoms with E-state index in [0.717, 1.165) is 17.5 Å². The molecule has 0 bridgehead atoms. The van der Waals surface area contributed by atoms with Crippen molar-refractivity contribution < 1.29 is 13.5 Å². The van der Waals surface area contributed by atoms with Gasteiger partial charge in [0.25, 0.3) is 0 Å². The molecule has 3 aromatic rings. The molecule has 0 fully saturated rings. The molecule has 2 aromatic heterocycles. The largest absolute Gasteiger partial charge is 0.496 e. The van der Waals surface area contributed by atoms with Gasteiger partial charge < -0.3 is 9.30 Å². The SMILES string of the molecule is COc1ccc(F)c(F)c1-c1nccn1C(C)Cn1nc(C)cc1C. The molecule has 5 nitrogen and oxygen atoms in total. The normalized spacial score (nSPS) is 12.4. The monoisotopic (exact) mass is 346 g/mol. The minimum atomic E-state index is -0.967. The van der Waals surface area contributed by atoms with Crippen molar-refractivity contribution in [2.75, 3.05) is 7.11 Å². The maximum Gasteiger partial charge on any atom is 0.173 e. The highest BCUT2D eigenvalue weighted by molar-refractivity contribution is 5.65. The van der Waals surface area contributed by atoms with E-state index in [1.165, 1.54) is 13.2 Å². The molecule has 0 aliphatic carbocycles. The number of methoxy groups -OCH3 is 1. The van der Waals surface area contributed by atoms with E-state index in [4.69, 9.17) is 4.74 Å². The molecule has 0 N–H and O–H groups in total. The number of hydrogen-bond donors (Lipinski definition) is 0. The maximum absolute atomic E-state index is 14.4. The van der Waals surface area contributed by atoms with Gasteiger partial charge in [0.15, 0.2) is 11.6 Å². The fourth-order valence-corrected chi connectivity index (χ4v) is 2.97. The summed E-state index contributed by atoms with van der Waals surface area (Å²) in [6.07, 6.45) is 3.31. The van der Waals surface area contributed by atoms with Gasteiger partial charge in [-0.1, -0.05) is 0 Å². The molecule has 0 aliphatic heterocycles. The molecule has 2 heterocycles. The maximum atomic E-state index is 14.4. The van der Waals surface area contributed by atoms with Crippen molar-refractivity contribution in [3.63, 3.8) is 0 Å². The fraction of sp³-hybridized carbons (Fsp3) is 0.333. The molecule has 7 heteroatoms. The first-order chi connectivity index (χ1) is 11.9. The van der Waals surface area contributed by atoms with Gasteiger partial charge in [0, 0.05) is 18.1 Å². The van der Waals surface area contributed by atoms with Crippen molar-refractivity contribution in [3.8, 4) is 17.1 Å². The van der Waals surface area contributed by atoms with Gasteiger partial charge >= 0.3 is 0 Å². The predicted molar refractivity (Wildman–Crippen MR) is 90.5 cm³/mol. The molecule has 25 heavy (non-hydrogen) atoms. The van der Waals surface area contributed by atoms with Crippen LogP contribution in [0.4, 0.5) is 8.78 Å². The summed E-state index contributed by atoms with van der Waals surface area (Å²) >= 11 is 0. The lowest BCUT2D eigenvalue weighted by Gasteiger charge is -2.19. The summed E-state index contributed by atoms with van der Waals surface area (Å²) in [5, 5.41) is 4.45. The second-order valence-corrected chi connectivity index (χ2v) is 6.05. The number of hydrogen-bond acceptors (Lipinski definition) is 3.